The summed E-state index contributed by atoms with van der Waals surface area (Å²) in [4.78, 5) is 15.2. The second-order valence-electron chi connectivity index (χ2n) is 7.24. The number of H-pyrrole nitrogens is 1. The molecule has 0 bridgehead atoms. The van der Waals surface area contributed by atoms with E-state index in [-0.39, 0.29) is 5.41 Å². The Kier molecular flexibility index (Phi) is 3.90. The summed E-state index contributed by atoms with van der Waals surface area (Å²) in [6.45, 7) is 4.56. The molecule has 1 atom stereocenters. The number of rotatable bonds is 5. The van der Waals surface area contributed by atoms with Gasteiger partial charge in [-0.15, -0.1) is 0 Å². The van der Waals surface area contributed by atoms with Crippen molar-refractivity contribution in [3.63, 3.8) is 0 Å². The predicted octanol–water partition coefficient (Wildman–Crippen LogP) is 2.36. The summed E-state index contributed by atoms with van der Waals surface area (Å²) in [6.07, 6.45) is 10.8. The fourth-order valence-electron chi connectivity index (χ4n) is 3.98. The topological polar surface area (TPSA) is 66.8 Å². The minimum absolute atomic E-state index is 0.213. The molecule has 1 amide bonds. The number of carbonyl (C=O) groups is 1. The molecule has 0 spiro atoms. The zero-order valence-electron chi connectivity index (χ0n) is 14.2. The van der Waals surface area contributed by atoms with Crippen LogP contribution in [-0.4, -0.2) is 43.9 Å². The molecule has 2 aliphatic rings. The van der Waals surface area contributed by atoms with E-state index in [4.69, 9.17) is 0 Å². The first-order valence-electron chi connectivity index (χ1n) is 9.01. The van der Waals surface area contributed by atoms with E-state index in [0.29, 0.717) is 18.4 Å². The summed E-state index contributed by atoms with van der Waals surface area (Å²) in [5, 5.41) is 11.7. The van der Waals surface area contributed by atoms with Crippen LogP contribution in [0, 0.1) is 5.41 Å². The fourth-order valence-corrected chi connectivity index (χ4v) is 3.98. The highest BCUT2D eigenvalue weighted by Gasteiger charge is 2.52. The van der Waals surface area contributed by atoms with Crippen molar-refractivity contribution < 1.29 is 4.79 Å². The molecule has 2 aromatic heterocycles. The second kappa shape index (κ2) is 6.07. The highest BCUT2D eigenvalue weighted by atomic mass is 16.2. The molecule has 1 saturated heterocycles. The Morgan fingerprint density at radius 1 is 1.46 bits per heavy atom. The van der Waals surface area contributed by atoms with Crippen LogP contribution in [0.1, 0.15) is 49.8 Å². The first-order chi connectivity index (χ1) is 11.7. The lowest BCUT2D eigenvalue weighted by Crippen LogP contribution is -2.44. The molecule has 2 aromatic rings. The number of hydrogen-bond acceptors (Lipinski definition) is 3. The Morgan fingerprint density at radius 3 is 3.04 bits per heavy atom. The summed E-state index contributed by atoms with van der Waals surface area (Å²) < 4.78 is 1.90. The van der Waals surface area contributed by atoms with E-state index in [2.05, 4.69) is 27.1 Å². The van der Waals surface area contributed by atoms with Gasteiger partial charge in [0.05, 0.1) is 18.2 Å². The zero-order chi connectivity index (χ0) is 16.6. The number of carbonyl (C=O) groups excluding carboxylic acids is 1. The molecule has 0 radical (unpaired) electrons. The monoisotopic (exact) mass is 327 g/mol. The van der Waals surface area contributed by atoms with Crippen molar-refractivity contribution in [2.75, 3.05) is 13.1 Å². The number of amides is 1. The minimum Gasteiger partial charge on any atom is -0.341 e. The average Bonchev–Trinajstić information content (AvgIpc) is 3.03. The van der Waals surface area contributed by atoms with Crippen molar-refractivity contribution in [2.45, 2.75) is 51.5 Å². The summed E-state index contributed by atoms with van der Waals surface area (Å²) in [5.41, 5.74) is 2.30. The number of nitrogens with zero attached hydrogens (tertiary/aromatic N) is 4. The molecule has 2 fully saturated rings. The van der Waals surface area contributed by atoms with Crippen LogP contribution in [0.15, 0.2) is 24.7 Å². The van der Waals surface area contributed by atoms with Gasteiger partial charge in [-0.2, -0.15) is 10.2 Å². The third kappa shape index (κ3) is 2.74. The molecular formula is C18H25N5O. The Balaban J connectivity index is 1.47. The van der Waals surface area contributed by atoms with Gasteiger partial charge in [-0.05, 0) is 43.7 Å². The van der Waals surface area contributed by atoms with E-state index in [1.807, 2.05) is 23.1 Å². The van der Waals surface area contributed by atoms with Gasteiger partial charge in [0.1, 0.15) is 0 Å². The predicted molar refractivity (Wildman–Crippen MR) is 90.4 cm³/mol. The van der Waals surface area contributed by atoms with Crippen LogP contribution in [-0.2, 0) is 17.8 Å². The molecule has 1 N–H and O–H groups in total. The van der Waals surface area contributed by atoms with E-state index in [1.54, 1.807) is 6.20 Å². The van der Waals surface area contributed by atoms with Gasteiger partial charge in [0, 0.05) is 37.1 Å². The number of likely N-dealkylation sites (tertiary alicyclic amines) is 1. The molecule has 1 aliphatic carbocycles. The van der Waals surface area contributed by atoms with Crippen molar-refractivity contribution in [2.24, 2.45) is 5.41 Å². The van der Waals surface area contributed by atoms with Gasteiger partial charge in [0.2, 0.25) is 5.91 Å². The van der Waals surface area contributed by atoms with Gasteiger partial charge >= 0.3 is 0 Å². The highest BCUT2D eigenvalue weighted by Crippen LogP contribution is 2.49. The van der Waals surface area contributed by atoms with Gasteiger partial charge in [-0.1, -0.05) is 6.92 Å². The summed E-state index contributed by atoms with van der Waals surface area (Å²) in [5.74, 6) is 0.709. The molecule has 128 valence electrons. The molecule has 6 heteroatoms. The molecule has 24 heavy (non-hydrogen) atoms. The lowest BCUT2D eigenvalue weighted by molar-refractivity contribution is -0.139. The van der Waals surface area contributed by atoms with Gasteiger partial charge in [-0.3, -0.25) is 14.6 Å². The van der Waals surface area contributed by atoms with E-state index in [0.717, 1.165) is 45.2 Å². The molecule has 6 nitrogen and oxygen atoms in total. The van der Waals surface area contributed by atoms with E-state index < -0.39 is 0 Å². The second-order valence-corrected chi connectivity index (χ2v) is 7.24. The van der Waals surface area contributed by atoms with Crippen LogP contribution < -0.4 is 0 Å². The van der Waals surface area contributed by atoms with Crippen LogP contribution in [0.4, 0.5) is 0 Å². The van der Waals surface area contributed by atoms with Crippen molar-refractivity contribution >= 4 is 5.91 Å². The van der Waals surface area contributed by atoms with Crippen LogP contribution in [0.2, 0.25) is 0 Å². The van der Waals surface area contributed by atoms with Crippen molar-refractivity contribution in [1.29, 1.82) is 0 Å². The van der Waals surface area contributed by atoms with Gasteiger partial charge in [0.25, 0.3) is 0 Å². The number of hydrogen-bond donors (Lipinski definition) is 1. The lowest BCUT2D eigenvalue weighted by atomic mass is 9.91. The first-order valence-corrected chi connectivity index (χ1v) is 9.01. The number of aromatic amines is 1. The van der Waals surface area contributed by atoms with E-state index in [1.165, 1.54) is 11.3 Å². The van der Waals surface area contributed by atoms with E-state index in [9.17, 15) is 4.79 Å². The number of aromatic nitrogens is 4. The Bertz CT molecular complexity index is 701. The maximum absolute atomic E-state index is 13.1. The molecule has 4 rings (SSSR count). The van der Waals surface area contributed by atoms with Gasteiger partial charge in [-0.25, -0.2) is 0 Å². The lowest BCUT2D eigenvalue weighted by Gasteiger charge is -2.35. The van der Waals surface area contributed by atoms with Gasteiger partial charge in [0.15, 0.2) is 0 Å². The molecule has 1 unspecified atom stereocenters. The summed E-state index contributed by atoms with van der Waals surface area (Å²) >= 11 is 0. The fraction of sp³-hybridized carbons (Fsp3) is 0.611. The van der Waals surface area contributed by atoms with Crippen LogP contribution in [0.3, 0.4) is 0 Å². The van der Waals surface area contributed by atoms with Crippen LogP contribution in [0.25, 0.3) is 0 Å². The Morgan fingerprint density at radius 2 is 2.33 bits per heavy atom. The number of piperidine rings is 1. The normalized spacial score (nSPS) is 22.5. The average molecular weight is 327 g/mol. The zero-order valence-corrected chi connectivity index (χ0v) is 14.2. The van der Waals surface area contributed by atoms with Gasteiger partial charge < -0.3 is 4.90 Å². The largest absolute Gasteiger partial charge is 0.341 e. The third-order valence-corrected chi connectivity index (χ3v) is 5.58. The van der Waals surface area contributed by atoms with Crippen LogP contribution >= 0.6 is 0 Å². The molecule has 3 heterocycles. The number of aryl methyl sites for hydroxylation is 1. The molecule has 0 aromatic carbocycles. The van der Waals surface area contributed by atoms with Crippen molar-refractivity contribution in [3.8, 4) is 0 Å². The Hall–Kier alpha value is -2.11. The van der Waals surface area contributed by atoms with Crippen LogP contribution in [0.5, 0.6) is 0 Å². The molecular weight excluding hydrogens is 302 g/mol. The maximum Gasteiger partial charge on any atom is 0.230 e. The molecule has 1 saturated carbocycles. The van der Waals surface area contributed by atoms with Crippen molar-refractivity contribution in [1.82, 2.24) is 24.9 Å². The standard InChI is InChI=1S/C18H25N5O/c1-2-14-11-19-21-16(14)15-5-3-9-22(12-15)17(24)18(6-7-18)13-23-10-4-8-20-23/h4,8,10-11,15H,2-3,5-7,9,12-13H2,1H3,(H,19,21). The molecule has 1 aliphatic heterocycles. The Labute approximate surface area is 142 Å². The van der Waals surface area contributed by atoms with Crippen molar-refractivity contribution in [3.05, 3.63) is 35.9 Å². The summed E-state index contributed by atoms with van der Waals surface area (Å²) in [7, 11) is 0. The quantitative estimate of drug-likeness (QED) is 0.917. The first kappa shape index (κ1) is 15.4. The summed E-state index contributed by atoms with van der Waals surface area (Å²) in [6, 6.07) is 1.92. The number of nitrogens with one attached hydrogen (secondary N) is 1. The maximum atomic E-state index is 13.1. The smallest absolute Gasteiger partial charge is 0.230 e. The minimum atomic E-state index is -0.213. The SMILES string of the molecule is CCc1cn[nH]c1C1CCCN(C(=O)C2(Cn3cccn3)CC2)C1. The highest BCUT2D eigenvalue weighted by molar-refractivity contribution is 5.85. The van der Waals surface area contributed by atoms with E-state index >= 15 is 0 Å². The third-order valence-electron chi connectivity index (χ3n) is 5.58.